The van der Waals surface area contributed by atoms with Crippen LogP contribution in [0.4, 0.5) is 0 Å². The van der Waals surface area contributed by atoms with E-state index in [0.29, 0.717) is 37.7 Å². The van der Waals surface area contributed by atoms with E-state index in [2.05, 4.69) is 72.5 Å². The minimum absolute atomic E-state index is 0.148. The summed E-state index contributed by atoms with van der Waals surface area (Å²) in [5.41, 5.74) is 10.2. The zero-order valence-electron chi connectivity index (χ0n) is 51.8. The van der Waals surface area contributed by atoms with Crippen molar-refractivity contribution < 1.29 is 37.8 Å². The van der Waals surface area contributed by atoms with Gasteiger partial charge in [-0.15, -0.1) is 0 Å². The third-order valence-corrected chi connectivity index (χ3v) is 15.7. The maximum absolute atomic E-state index is 9.60. The van der Waals surface area contributed by atoms with Gasteiger partial charge < -0.3 is 0 Å². The van der Waals surface area contributed by atoms with Gasteiger partial charge in [0.2, 0.25) is 0 Å². The summed E-state index contributed by atoms with van der Waals surface area (Å²) in [4.78, 5) is 5.15. The maximum atomic E-state index is 9.60. The van der Waals surface area contributed by atoms with Crippen LogP contribution in [0.25, 0.3) is 122 Å². The van der Waals surface area contributed by atoms with Crippen molar-refractivity contribution in [3.8, 4) is 78.9 Å². The Kier molecular flexibility index (Phi) is 9.04. The molecule has 15 rings (SSSR count). The Labute approximate surface area is 481 Å². The monoisotopic (exact) mass is 1200 g/mol. The number of imidazole rings is 1. The molecule has 79 heavy (non-hydrogen) atoms. The van der Waals surface area contributed by atoms with E-state index in [9.17, 15) is 5.48 Å². The Morgan fingerprint density at radius 2 is 0.835 bits per heavy atom. The number of rotatable bonds is 10. The van der Waals surface area contributed by atoms with Gasteiger partial charge in [0.1, 0.15) is 0 Å². The van der Waals surface area contributed by atoms with Crippen LogP contribution in [0, 0.1) is 3.80 Å². The summed E-state index contributed by atoms with van der Waals surface area (Å²) in [5.74, 6) is 1.82. The Bertz CT molecular complexity index is 5320. The van der Waals surface area contributed by atoms with Gasteiger partial charge in [0.05, 0.1) is 0 Å². The van der Waals surface area contributed by atoms with Crippen LogP contribution >= 0.6 is 0 Å². The molecule has 0 spiro atoms. The first-order valence-corrected chi connectivity index (χ1v) is 26.8. The van der Waals surface area contributed by atoms with Gasteiger partial charge in [-0.3, -0.25) is 0 Å². The van der Waals surface area contributed by atoms with Crippen molar-refractivity contribution in [1.82, 2.24) is 23.3 Å². The van der Waals surface area contributed by atoms with Crippen LogP contribution in [0.2, 0.25) is 0 Å². The molecule has 6 nitrogen and oxygen atoms in total. The number of fused-ring (bicyclic) bond motifs is 7. The van der Waals surface area contributed by atoms with Gasteiger partial charge in [0.25, 0.3) is 0 Å². The quantitative estimate of drug-likeness (QED) is 0.137. The fourth-order valence-electron chi connectivity index (χ4n) is 11.3. The van der Waals surface area contributed by atoms with Crippen molar-refractivity contribution in [3.63, 3.8) is 0 Å². The van der Waals surface area contributed by atoms with Crippen molar-refractivity contribution in [2.45, 2.75) is 0 Å². The van der Waals surface area contributed by atoms with Crippen molar-refractivity contribution in [1.29, 1.82) is 0 Å². The summed E-state index contributed by atoms with van der Waals surface area (Å²) in [5, 5.41) is 3.91. The molecule has 0 unspecified atom stereocenters. The van der Waals surface area contributed by atoms with Crippen LogP contribution in [0.3, 0.4) is 0 Å². The molecule has 376 valence electrons. The average molecular weight is 1200 g/mol. The molecular weight excluding hydrogens is 1150 g/mol. The topological polar surface area (TPSA) is 41.8 Å². The molecule has 0 aliphatic carbocycles. The molecule has 7 heteroatoms. The van der Waals surface area contributed by atoms with E-state index in [1.54, 1.807) is 12.1 Å². The van der Waals surface area contributed by atoms with Gasteiger partial charge in [0.15, 0.2) is 0 Å². The van der Waals surface area contributed by atoms with E-state index in [0.717, 1.165) is 71.7 Å². The third kappa shape index (κ3) is 7.91. The first-order valence-electron chi connectivity index (χ1n) is 30.7. The number of aromatic nitrogens is 5. The summed E-state index contributed by atoms with van der Waals surface area (Å²) in [6.45, 7) is 0. The predicted molar refractivity (Wildman–Crippen MR) is 321 cm³/mol. The zero-order chi connectivity index (χ0) is 61.1. The third-order valence-electron chi connectivity index (χ3n) is 14.6. The van der Waals surface area contributed by atoms with Crippen LogP contribution in [0.1, 0.15) is 13.7 Å². The molecule has 0 saturated heterocycles. The van der Waals surface area contributed by atoms with Crippen LogP contribution in [0.15, 0.2) is 285 Å². The molecule has 0 atom stereocenters. The Morgan fingerprint density at radius 1 is 0.342 bits per heavy atom. The van der Waals surface area contributed by atoms with Gasteiger partial charge in [-0.05, 0) is 16.7 Å². The van der Waals surface area contributed by atoms with Gasteiger partial charge in [-0.2, -0.15) is 0 Å². The van der Waals surface area contributed by atoms with E-state index in [-0.39, 0.29) is 27.9 Å². The second-order valence-corrected chi connectivity index (χ2v) is 20.1. The Balaban J connectivity index is 0.940. The molecule has 15 aromatic rings. The van der Waals surface area contributed by atoms with E-state index >= 15 is 0 Å². The summed E-state index contributed by atoms with van der Waals surface area (Å²) in [6.07, 6.45) is 1.95. The summed E-state index contributed by atoms with van der Waals surface area (Å²) >= 11 is 2.21. The SMILES string of the molecule is [2H]c1c([2H])c([2H])c(-c2cc(-n3c4ccccc4c4ccccc43)cc(-c3c([2H])c([2H])c([2H])c([2H])c3[2H])c2-n2[c](=[Pt])n(-c3cccc(Oc4ccc5c6ccccc6n(-c6cc(-c7ccccc7)c(-c7ccccc7)cn6)c5c4)c3)c3ccccc32)c([2H])c1[2H]. The number of benzene rings is 11. The standard InChI is InChI=1S/C72H47N5O.Pt/c1-5-22-49(23-6-1)61-46-71(73-47-64(61)52-28-11-4-12-29-52)77-67-37-18-15-34-59(67)60-41-40-56(45-70(60)77)78-55-31-21-30-53(42-55)74-48-75(69-39-20-19-38-68(69)74)72-62(50-24-7-2-8-25-50)43-54(44-63(72)51-26-9-3-10-27-51)76-65-35-16-13-32-57(65)58-33-14-17-36-66(58)76;/h1-47H;/i2D,3D,7D,8D,9D,10D,24D,25D,26D,27D;. The van der Waals surface area contributed by atoms with Gasteiger partial charge in [-0.1, -0.05) is 72.8 Å². The molecule has 0 N–H and O–H groups in total. The molecule has 0 amide bonds. The molecule has 0 fully saturated rings. The number of para-hydroxylation sites is 5. The van der Waals surface area contributed by atoms with E-state index in [4.69, 9.17) is 17.9 Å². The van der Waals surface area contributed by atoms with Gasteiger partial charge in [-0.25, -0.2) is 0 Å². The van der Waals surface area contributed by atoms with E-state index in [1.807, 2.05) is 178 Å². The van der Waals surface area contributed by atoms with Crippen molar-refractivity contribution in [2.24, 2.45) is 0 Å². The number of hydrogen-bond acceptors (Lipinski definition) is 2. The van der Waals surface area contributed by atoms with Crippen molar-refractivity contribution in [3.05, 3.63) is 289 Å². The van der Waals surface area contributed by atoms with E-state index in [1.165, 1.54) is 0 Å². The molecule has 0 radical (unpaired) electrons. The molecule has 0 saturated carbocycles. The Hall–Kier alpha value is -9.87. The summed E-state index contributed by atoms with van der Waals surface area (Å²) < 4.78 is 107. The second-order valence-electron chi connectivity index (χ2n) is 19.1. The molecule has 4 heterocycles. The van der Waals surface area contributed by atoms with E-state index < -0.39 is 60.4 Å². The number of pyridine rings is 1. The molecule has 0 aliphatic heterocycles. The van der Waals surface area contributed by atoms with Crippen LogP contribution in [-0.2, 0) is 19.4 Å². The summed E-state index contributed by atoms with van der Waals surface area (Å²) in [6, 6.07) is 66.2. The zero-order valence-corrected chi connectivity index (χ0v) is 44.1. The van der Waals surface area contributed by atoms with Gasteiger partial charge in [0, 0.05) is 11.8 Å². The van der Waals surface area contributed by atoms with Crippen molar-refractivity contribution >= 4 is 54.6 Å². The van der Waals surface area contributed by atoms with Crippen LogP contribution in [-0.4, -0.2) is 23.3 Å². The fraction of sp³-hybridized carbons (Fsp3) is 0. The van der Waals surface area contributed by atoms with Crippen LogP contribution < -0.4 is 4.74 Å². The summed E-state index contributed by atoms with van der Waals surface area (Å²) in [7, 11) is 0. The molecule has 11 aromatic carbocycles. The fourth-order valence-corrected chi connectivity index (χ4v) is 12.4. The number of ether oxygens (including phenoxy) is 1. The Morgan fingerprint density at radius 3 is 1.43 bits per heavy atom. The second kappa shape index (κ2) is 19.3. The molecular formula is C72H47N5OPt. The molecule has 0 bridgehead atoms. The molecule has 0 aliphatic rings. The average Bonchev–Trinajstić information content (AvgIpc) is 1.73. The minimum atomic E-state index is -0.582. The number of hydrogen-bond donors (Lipinski definition) is 0. The van der Waals surface area contributed by atoms with Crippen LogP contribution in [0.5, 0.6) is 11.5 Å². The molecule has 4 aromatic heterocycles. The first-order chi connectivity index (χ1) is 43.3. The van der Waals surface area contributed by atoms with Crippen molar-refractivity contribution in [2.75, 3.05) is 0 Å². The normalized spacial score (nSPS) is 13.4. The predicted octanol–water partition coefficient (Wildman–Crippen LogP) is 18.5. The van der Waals surface area contributed by atoms with Gasteiger partial charge >= 0.3 is 382 Å². The number of nitrogens with zero attached hydrogens (tertiary/aromatic N) is 5. The first kappa shape index (κ1) is 37.0.